The summed E-state index contributed by atoms with van der Waals surface area (Å²) < 4.78 is 2.41. The van der Waals surface area contributed by atoms with Crippen molar-refractivity contribution >= 4 is 44.7 Å². The second-order valence-electron chi connectivity index (χ2n) is 4.45. The van der Waals surface area contributed by atoms with Crippen LogP contribution in [-0.2, 0) is 0 Å². The second-order valence-corrected chi connectivity index (χ2v) is 6.64. The van der Waals surface area contributed by atoms with E-state index in [1.54, 1.807) is 6.20 Å². The van der Waals surface area contributed by atoms with Gasteiger partial charge in [-0.05, 0) is 6.42 Å². The molecule has 2 aromatic heterocycles. The maximum Gasteiger partial charge on any atom is 0.191 e. The Hall–Kier alpha value is -1.12. The van der Waals surface area contributed by atoms with Gasteiger partial charge in [-0.25, -0.2) is 14.3 Å². The zero-order chi connectivity index (χ0) is 13.2. The van der Waals surface area contributed by atoms with Crippen molar-refractivity contribution in [3.05, 3.63) is 6.20 Å². The molecule has 1 saturated heterocycles. The Balaban J connectivity index is 1.67. The van der Waals surface area contributed by atoms with E-state index in [0.717, 1.165) is 23.7 Å². The molecule has 0 aromatic carbocycles. The van der Waals surface area contributed by atoms with Gasteiger partial charge in [-0.1, -0.05) is 23.3 Å². The smallest absolute Gasteiger partial charge is 0.191 e. The Bertz CT molecular complexity index is 565. The molecule has 2 N–H and O–H groups in total. The van der Waals surface area contributed by atoms with E-state index in [4.69, 9.17) is 5.73 Å². The molecule has 0 bridgehead atoms. The third-order valence-electron chi connectivity index (χ3n) is 3.03. The number of fused-ring (bicyclic) bond motifs is 1. The molecule has 102 valence electrons. The summed E-state index contributed by atoms with van der Waals surface area (Å²) in [6, 6.07) is 0. The van der Waals surface area contributed by atoms with Crippen molar-refractivity contribution in [2.24, 2.45) is 0 Å². The van der Waals surface area contributed by atoms with Gasteiger partial charge in [0.05, 0.1) is 6.20 Å². The molecule has 0 aliphatic carbocycles. The van der Waals surface area contributed by atoms with E-state index in [1.165, 1.54) is 30.1 Å². The third-order valence-corrected chi connectivity index (χ3v) is 5.00. The quantitative estimate of drug-likeness (QED) is 0.856. The monoisotopic (exact) mass is 296 g/mol. The molecular weight excluding hydrogens is 280 g/mol. The third kappa shape index (κ3) is 2.90. The van der Waals surface area contributed by atoms with Crippen LogP contribution in [0.3, 0.4) is 0 Å². The van der Waals surface area contributed by atoms with Gasteiger partial charge in [-0.2, -0.15) is 4.98 Å². The van der Waals surface area contributed by atoms with Gasteiger partial charge in [0.2, 0.25) is 0 Å². The topological polar surface area (TPSA) is 71.2 Å². The molecule has 1 aliphatic rings. The maximum absolute atomic E-state index is 5.66. The first kappa shape index (κ1) is 12.9. The zero-order valence-electron chi connectivity index (χ0n) is 10.7. The molecule has 0 saturated carbocycles. The number of nitrogen functional groups attached to an aromatic ring is 1. The SMILES string of the molecule is CN(CCN1CCCS1)c1cnc2nc(N)sc2n1. The highest BCUT2D eigenvalue weighted by molar-refractivity contribution is 7.97. The molecule has 2 aromatic rings. The summed E-state index contributed by atoms with van der Waals surface area (Å²) in [6.45, 7) is 3.18. The predicted octanol–water partition coefficient (Wildman–Crippen LogP) is 1.46. The normalized spacial score (nSPS) is 16.3. The Labute approximate surface area is 120 Å². The van der Waals surface area contributed by atoms with Crippen LogP contribution >= 0.6 is 23.3 Å². The van der Waals surface area contributed by atoms with Gasteiger partial charge in [0.25, 0.3) is 0 Å². The van der Waals surface area contributed by atoms with Crippen molar-refractivity contribution in [1.29, 1.82) is 0 Å². The van der Waals surface area contributed by atoms with Gasteiger partial charge < -0.3 is 10.6 Å². The van der Waals surface area contributed by atoms with Crippen LogP contribution in [0.5, 0.6) is 0 Å². The van der Waals surface area contributed by atoms with E-state index >= 15 is 0 Å². The standard InChI is InChI=1S/C11H16N6S2/c1-16(4-5-17-3-2-6-18-17)8-7-13-9-10(14-8)19-11(12)15-9/h7H,2-6H2,1H3,(H2,12,13,15). The molecule has 0 spiro atoms. The van der Waals surface area contributed by atoms with E-state index in [1.807, 2.05) is 19.0 Å². The lowest BCUT2D eigenvalue weighted by molar-refractivity contribution is 0.500. The van der Waals surface area contributed by atoms with Crippen LogP contribution in [0, 0.1) is 0 Å². The minimum Gasteiger partial charge on any atom is -0.375 e. The Kier molecular flexibility index (Phi) is 3.72. The first-order chi connectivity index (χ1) is 9.22. The molecule has 1 fully saturated rings. The summed E-state index contributed by atoms with van der Waals surface area (Å²) in [7, 11) is 2.04. The number of anilines is 2. The number of nitrogens with zero attached hydrogens (tertiary/aromatic N) is 5. The van der Waals surface area contributed by atoms with Crippen molar-refractivity contribution < 1.29 is 0 Å². The van der Waals surface area contributed by atoms with Crippen molar-refractivity contribution in [2.45, 2.75) is 6.42 Å². The molecule has 6 nitrogen and oxygen atoms in total. The van der Waals surface area contributed by atoms with Crippen molar-refractivity contribution in [3.8, 4) is 0 Å². The lowest BCUT2D eigenvalue weighted by Crippen LogP contribution is -2.28. The van der Waals surface area contributed by atoms with Crippen LogP contribution in [-0.4, -0.2) is 51.7 Å². The van der Waals surface area contributed by atoms with E-state index in [0.29, 0.717) is 10.8 Å². The first-order valence-electron chi connectivity index (χ1n) is 6.20. The number of nitrogens with two attached hydrogens (primary N) is 1. The Morgan fingerprint density at radius 2 is 2.37 bits per heavy atom. The number of likely N-dealkylation sites (N-methyl/N-ethyl adjacent to an activating group) is 1. The highest BCUT2D eigenvalue weighted by Gasteiger charge is 2.14. The van der Waals surface area contributed by atoms with Crippen LogP contribution in [0.1, 0.15) is 6.42 Å². The summed E-state index contributed by atoms with van der Waals surface area (Å²) in [4.78, 5) is 15.9. The van der Waals surface area contributed by atoms with Crippen molar-refractivity contribution in [1.82, 2.24) is 19.3 Å². The first-order valence-corrected chi connectivity index (χ1v) is 7.96. The van der Waals surface area contributed by atoms with Crippen molar-refractivity contribution in [3.63, 3.8) is 0 Å². The van der Waals surface area contributed by atoms with Gasteiger partial charge in [0.15, 0.2) is 15.6 Å². The van der Waals surface area contributed by atoms with Gasteiger partial charge in [0, 0.05) is 32.4 Å². The molecular formula is C11H16N6S2. The zero-order valence-corrected chi connectivity index (χ0v) is 12.4. The highest BCUT2D eigenvalue weighted by Crippen LogP contribution is 2.23. The van der Waals surface area contributed by atoms with Crippen LogP contribution in [0.4, 0.5) is 10.9 Å². The fraction of sp³-hybridized carbons (Fsp3) is 0.545. The summed E-state index contributed by atoms with van der Waals surface area (Å²) in [5.41, 5.74) is 6.30. The average Bonchev–Trinajstić information content (AvgIpc) is 3.02. The van der Waals surface area contributed by atoms with E-state index in [-0.39, 0.29) is 0 Å². The largest absolute Gasteiger partial charge is 0.375 e. The lowest BCUT2D eigenvalue weighted by Gasteiger charge is -2.21. The molecule has 0 amide bonds. The molecule has 8 heteroatoms. The molecule has 0 radical (unpaired) electrons. The summed E-state index contributed by atoms with van der Waals surface area (Å²) in [5, 5.41) is 0.517. The van der Waals surface area contributed by atoms with Crippen LogP contribution in [0.25, 0.3) is 10.5 Å². The number of hydrogen-bond acceptors (Lipinski definition) is 8. The summed E-state index contributed by atoms with van der Waals surface area (Å²) in [5.74, 6) is 2.12. The van der Waals surface area contributed by atoms with Gasteiger partial charge in [-0.15, -0.1) is 0 Å². The molecule has 0 unspecified atom stereocenters. The average molecular weight is 296 g/mol. The van der Waals surface area contributed by atoms with Gasteiger partial charge >= 0.3 is 0 Å². The second kappa shape index (κ2) is 5.48. The molecule has 1 aliphatic heterocycles. The van der Waals surface area contributed by atoms with E-state index < -0.39 is 0 Å². The minimum absolute atomic E-state index is 0.517. The van der Waals surface area contributed by atoms with Crippen molar-refractivity contribution in [2.75, 3.05) is 43.1 Å². The summed E-state index contributed by atoms with van der Waals surface area (Å²) >= 11 is 3.31. The summed E-state index contributed by atoms with van der Waals surface area (Å²) in [6.07, 6.45) is 3.05. The lowest BCUT2D eigenvalue weighted by atomic mass is 10.4. The van der Waals surface area contributed by atoms with Crippen LogP contribution < -0.4 is 10.6 Å². The molecule has 19 heavy (non-hydrogen) atoms. The fourth-order valence-electron chi connectivity index (χ4n) is 1.96. The molecule has 3 rings (SSSR count). The fourth-order valence-corrected chi connectivity index (χ4v) is 3.61. The van der Waals surface area contributed by atoms with Gasteiger partial charge in [0.1, 0.15) is 5.82 Å². The van der Waals surface area contributed by atoms with Crippen LogP contribution in [0.15, 0.2) is 6.20 Å². The predicted molar refractivity (Wildman–Crippen MR) is 81.5 cm³/mol. The Morgan fingerprint density at radius 1 is 1.47 bits per heavy atom. The molecule has 3 heterocycles. The number of hydrogen-bond donors (Lipinski definition) is 1. The Morgan fingerprint density at radius 3 is 3.16 bits per heavy atom. The van der Waals surface area contributed by atoms with E-state index in [9.17, 15) is 0 Å². The number of rotatable bonds is 4. The van der Waals surface area contributed by atoms with Gasteiger partial charge in [-0.3, -0.25) is 0 Å². The molecule has 0 atom stereocenters. The van der Waals surface area contributed by atoms with Crippen LogP contribution in [0.2, 0.25) is 0 Å². The van der Waals surface area contributed by atoms with E-state index in [2.05, 4.69) is 24.2 Å². The minimum atomic E-state index is 0.517. The number of aromatic nitrogens is 3. The number of thiazole rings is 1. The highest BCUT2D eigenvalue weighted by atomic mass is 32.2. The maximum atomic E-state index is 5.66.